The van der Waals surface area contributed by atoms with E-state index < -0.39 is 17.1 Å². The van der Waals surface area contributed by atoms with E-state index in [4.69, 9.17) is 5.11 Å². The highest BCUT2D eigenvalue weighted by Crippen LogP contribution is 2.32. The molecular formula is C16H19N3O4S. The summed E-state index contributed by atoms with van der Waals surface area (Å²) in [6, 6.07) is 5.38. The first-order valence-corrected chi connectivity index (χ1v) is 8.19. The number of aromatic hydroxyl groups is 1. The number of aliphatic carboxylic acids is 1. The number of phenols is 1. The number of hydrogen-bond acceptors (Lipinski definition) is 6. The number of para-hydroxylation sites is 1. The summed E-state index contributed by atoms with van der Waals surface area (Å²) in [4.78, 5) is 22.3. The fourth-order valence-corrected chi connectivity index (χ4v) is 3.07. The van der Waals surface area contributed by atoms with Crippen molar-refractivity contribution in [2.75, 3.05) is 0 Å². The van der Waals surface area contributed by atoms with E-state index in [9.17, 15) is 14.7 Å². The van der Waals surface area contributed by atoms with E-state index in [1.165, 1.54) is 6.21 Å². The second-order valence-corrected chi connectivity index (χ2v) is 7.53. The third-order valence-corrected chi connectivity index (χ3v) is 4.43. The van der Waals surface area contributed by atoms with Gasteiger partial charge in [-0.15, -0.1) is 5.10 Å². The smallest absolute Gasteiger partial charge is 0.305 e. The molecule has 0 spiro atoms. The summed E-state index contributed by atoms with van der Waals surface area (Å²) < 4.78 is 0. The molecule has 8 heteroatoms. The molecule has 3 N–H and O–H groups in total. The van der Waals surface area contributed by atoms with Gasteiger partial charge in [-0.05, 0) is 17.0 Å². The normalized spacial score (nSPS) is 19.9. The first-order chi connectivity index (χ1) is 11.2. The van der Waals surface area contributed by atoms with Crippen molar-refractivity contribution in [3.8, 4) is 5.75 Å². The molecule has 0 aliphatic carbocycles. The number of thioether (sulfide) groups is 1. The summed E-state index contributed by atoms with van der Waals surface area (Å²) in [6.45, 7) is 5.99. The number of benzene rings is 1. The number of carbonyl (C=O) groups is 2. The van der Waals surface area contributed by atoms with Gasteiger partial charge in [-0.25, -0.2) is 0 Å². The van der Waals surface area contributed by atoms with Crippen LogP contribution in [0.2, 0.25) is 0 Å². The van der Waals surface area contributed by atoms with E-state index in [0.29, 0.717) is 5.56 Å². The van der Waals surface area contributed by atoms with E-state index in [1.54, 1.807) is 6.07 Å². The van der Waals surface area contributed by atoms with Crippen molar-refractivity contribution in [3.05, 3.63) is 29.3 Å². The Bertz CT molecular complexity index is 723. The van der Waals surface area contributed by atoms with Crippen LogP contribution in [0.15, 0.2) is 28.4 Å². The highest BCUT2D eigenvalue weighted by Gasteiger charge is 2.32. The van der Waals surface area contributed by atoms with Crippen LogP contribution in [0.3, 0.4) is 0 Å². The average Bonchev–Trinajstić information content (AvgIpc) is 2.79. The maximum absolute atomic E-state index is 11.6. The zero-order valence-electron chi connectivity index (χ0n) is 13.6. The Morgan fingerprint density at radius 1 is 1.42 bits per heavy atom. The van der Waals surface area contributed by atoms with Crippen molar-refractivity contribution >= 4 is 35.0 Å². The van der Waals surface area contributed by atoms with E-state index in [2.05, 4.69) is 15.5 Å². The van der Waals surface area contributed by atoms with Gasteiger partial charge in [0.05, 0.1) is 12.6 Å². The van der Waals surface area contributed by atoms with Crippen LogP contribution >= 0.6 is 11.8 Å². The molecule has 0 radical (unpaired) electrons. The van der Waals surface area contributed by atoms with Gasteiger partial charge in [0.2, 0.25) is 5.91 Å². The lowest BCUT2D eigenvalue weighted by Crippen LogP contribution is -2.26. The maximum Gasteiger partial charge on any atom is 0.305 e. The molecule has 1 unspecified atom stereocenters. The van der Waals surface area contributed by atoms with Gasteiger partial charge >= 0.3 is 5.97 Å². The molecule has 1 aliphatic heterocycles. The molecule has 0 aromatic heterocycles. The number of carboxylic acids is 1. The predicted molar refractivity (Wildman–Crippen MR) is 93.6 cm³/mol. The van der Waals surface area contributed by atoms with Crippen LogP contribution in [-0.4, -0.2) is 38.7 Å². The molecule has 1 atom stereocenters. The molecule has 1 heterocycles. The summed E-state index contributed by atoms with van der Waals surface area (Å²) in [6.07, 6.45) is 1.13. The summed E-state index contributed by atoms with van der Waals surface area (Å²) in [5.74, 6) is -1.30. The number of rotatable bonds is 4. The second-order valence-electron chi connectivity index (χ2n) is 6.34. The van der Waals surface area contributed by atoms with Crippen LogP contribution in [0.5, 0.6) is 5.75 Å². The molecule has 24 heavy (non-hydrogen) atoms. The minimum atomic E-state index is -1.05. The van der Waals surface area contributed by atoms with Gasteiger partial charge in [-0.2, -0.15) is 5.10 Å². The topological polar surface area (TPSA) is 111 Å². The molecule has 1 aliphatic rings. The van der Waals surface area contributed by atoms with Crippen LogP contribution in [0.1, 0.15) is 38.3 Å². The summed E-state index contributed by atoms with van der Waals surface area (Å²) >= 11 is 1.03. The number of amidine groups is 1. The second kappa shape index (κ2) is 7.04. The van der Waals surface area contributed by atoms with Crippen molar-refractivity contribution in [1.29, 1.82) is 0 Å². The molecule has 2 rings (SSSR count). The number of carbonyl (C=O) groups excluding carboxylic acids is 1. The van der Waals surface area contributed by atoms with Crippen molar-refractivity contribution in [2.24, 2.45) is 10.2 Å². The number of phenolic OH excluding ortho intramolecular Hbond substituents is 1. The fourth-order valence-electron chi connectivity index (χ4n) is 2.16. The molecule has 1 amide bonds. The lowest BCUT2D eigenvalue weighted by atomic mass is 9.85. The molecule has 1 aromatic rings. The number of nitrogens with one attached hydrogen (secondary N) is 1. The summed E-state index contributed by atoms with van der Waals surface area (Å²) in [5, 5.41) is 28.8. The van der Waals surface area contributed by atoms with Crippen LogP contribution in [0, 0.1) is 0 Å². The monoisotopic (exact) mass is 349 g/mol. The Kier molecular flexibility index (Phi) is 5.28. The number of hydrogen-bond donors (Lipinski definition) is 3. The van der Waals surface area contributed by atoms with Crippen molar-refractivity contribution < 1.29 is 19.8 Å². The highest BCUT2D eigenvalue weighted by atomic mass is 32.2. The van der Waals surface area contributed by atoms with Gasteiger partial charge in [-0.3, -0.25) is 9.59 Å². The Morgan fingerprint density at radius 2 is 2.12 bits per heavy atom. The Balaban J connectivity index is 2.13. The van der Waals surface area contributed by atoms with E-state index in [0.717, 1.165) is 17.3 Å². The highest BCUT2D eigenvalue weighted by molar-refractivity contribution is 8.15. The molecule has 0 saturated carbocycles. The fraction of sp³-hybridized carbons (Fsp3) is 0.375. The zero-order valence-corrected chi connectivity index (χ0v) is 14.4. The molecule has 1 saturated heterocycles. The third kappa shape index (κ3) is 4.35. The van der Waals surface area contributed by atoms with Crippen LogP contribution in [0.4, 0.5) is 0 Å². The summed E-state index contributed by atoms with van der Waals surface area (Å²) in [5.41, 5.74) is 1.10. The van der Waals surface area contributed by atoms with Crippen molar-refractivity contribution in [1.82, 2.24) is 5.32 Å². The minimum Gasteiger partial charge on any atom is -0.507 e. The van der Waals surface area contributed by atoms with Crippen LogP contribution in [-0.2, 0) is 15.0 Å². The molecule has 0 bridgehead atoms. The minimum absolute atomic E-state index is 0.140. The Hall–Kier alpha value is -2.35. The Morgan fingerprint density at radius 3 is 2.75 bits per heavy atom. The van der Waals surface area contributed by atoms with Gasteiger partial charge in [0.1, 0.15) is 11.0 Å². The molecular weight excluding hydrogens is 330 g/mol. The van der Waals surface area contributed by atoms with Gasteiger partial charge in [-0.1, -0.05) is 44.7 Å². The standard InChI is InChI=1S/C16H19N3O4S/c1-16(2,3)10-6-4-5-9(13(10)22)8-17-19-15-18-14(23)11(24-15)7-12(20)21/h4-6,8,11,22H,7H2,1-3H3,(H,20,21)(H,18,19,23). The number of carboxylic acid groups (broad SMARTS) is 1. The van der Waals surface area contributed by atoms with E-state index in [1.807, 2.05) is 32.9 Å². The van der Waals surface area contributed by atoms with Crippen molar-refractivity contribution in [2.45, 2.75) is 37.9 Å². The lowest BCUT2D eigenvalue weighted by Gasteiger charge is -2.20. The first-order valence-electron chi connectivity index (χ1n) is 7.31. The van der Waals surface area contributed by atoms with Crippen LogP contribution < -0.4 is 5.32 Å². The molecule has 7 nitrogen and oxygen atoms in total. The van der Waals surface area contributed by atoms with Gasteiger partial charge < -0.3 is 15.5 Å². The quantitative estimate of drug-likeness (QED) is 0.569. The molecule has 1 fully saturated rings. The number of nitrogens with zero attached hydrogens (tertiary/aromatic N) is 2. The SMILES string of the molecule is CC(C)(C)c1cccc(C=NN=C2NC(=O)C(CC(=O)O)S2)c1O. The third-order valence-electron chi connectivity index (χ3n) is 3.36. The Labute approximate surface area is 143 Å². The molecule has 1 aromatic carbocycles. The zero-order chi connectivity index (χ0) is 17.9. The van der Waals surface area contributed by atoms with E-state index >= 15 is 0 Å². The first kappa shape index (κ1) is 18.0. The average molecular weight is 349 g/mol. The van der Waals surface area contributed by atoms with E-state index in [-0.39, 0.29) is 22.8 Å². The largest absolute Gasteiger partial charge is 0.507 e. The summed E-state index contributed by atoms with van der Waals surface area (Å²) in [7, 11) is 0. The maximum atomic E-state index is 11.6. The number of amides is 1. The molecule has 128 valence electrons. The van der Waals surface area contributed by atoms with Crippen molar-refractivity contribution in [3.63, 3.8) is 0 Å². The lowest BCUT2D eigenvalue weighted by molar-refractivity contribution is -0.138. The van der Waals surface area contributed by atoms with Gasteiger partial charge in [0.15, 0.2) is 5.17 Å². The van der Waals surface area contributed by atoms with Gasteiger partial charge in [0, 0.05) is 5.56 Å². The van der Waals surface area contributed by atoms with Crippen LogP contribution in [0.25, 0.3) is 0 Å². The van der Waals surface area contributed by atoms with Gasteiger partial charge in [0.25, 0.3) is 0 Å². The predicted octanol–water partition coefficient (Wildman–Crippen LogP) is 2.09.